The summed E-state index contributed by atoms with van der Waals surface area (Å²) in [4.78, 5) is 0. The first-order chi connectivity index (χ1) is 6.97. The Labute approximate surface area is 91.1 Å². The van der Waals surface area contributed by atoms with Crippen molar-refractivity contribution in [1.29, 1.82) is 0 Å². The molecule has 0 amide bonds. The van der Waals surface area contributed by atoms with Crippen LogP contribution in [0.4, 0.5) is 0 Å². The van der Waals surface area contributed by atoms with Crippen LogP contribution in [0.1, 0.15) is 38.1 Å². The molecule has 0 bridgehead atoms. The van der Waals surface area contributed by atoms with Crippen molar-refractivity contribution in [2.45, 2.75) is 39.3 Å². The van der Waals surface area contributed by atoms with Gasteiger partial charge in [0.1, 0.15) is 0 Å². The molecule has 0 fully saturated rings. The molecule has 86 valence electrons. The maximum atomic E-state index is 10.1. The van der Waals surface area contributed by atoms with Crippen molar-refractivity contribution in [3.8, 4) is 0 Å². The van der Waals surface area contributed by atoms with Gasteiger partial charge in [-0.15, -0.1) is 0 Å². The summed E-state index contributed by atoms with van der Waals surface area (Å²) in [6.45, 7) is 6.05. The molecule has 0 aliphatic rings. The SMILES string of the molecule is CCc1nn(C)cc1C(O)C(N)C(C)C. The van der Waals surface area contributed by atoms with Crippen LogP contribution in [0.3, 0.4) is 0 Å². The van der Waals surface area contributed by atoms with Gasteiger partial charge in [0.25, 0.3) is 0 Å². The van der Waals surface area contributed by atoms with Gasteiger partial charge in [-0.3, -0.25) is 4.68 Å². The lowest BCUT2D eigenvalue weighted by molar-refractivity contribution is 0.125. The number of hydrogen-bond donors (Lipinski definition) is 2. The molecular weight excluding hydrogens is 190 g/mol. The molecule has 0 radical (unpaired) electrons. The molecule has 1 rings (SSSR count). The molecule has 0 saturated carbocycles. The number of aliphatic hydroxyl groups excluding tert-OH is 1. The summed E-state index contributed by atoms with van der Waals surface area (Å²) in [7, 11) is 1.86. The molecule has 0 saturated heterocycles. The first-order valence-electron chi connectivity index (χ1n) is 5.43. The van der Waals surface area contributed by atoms with Gasteiger partial charge in [0, 0.05) is 24.8 Å². The maximum absolute atomic E-state index is 10.1. The second-order valence-electron chi connectivity index (χ2n) is 4.32. The number of rotatable bonds is 4. The normalized spacial score (nSPS) is 15.7. The second-order valence-corrected chi connectivity index (χ2v) is 4.32. The minimum absolute atomic E-state index is 0.237. The van der Waals surface area contributed by atoms with E-state index in [4.69, 9.17) is 5.73 Å². The lowest BCUT2D eigenvalue weighted by atomic mass is 9.94. The Morgan fingerprint density at radius 1 is 1.53 bits per heavy atom. The second kappa shape index (κ2) is 4.77. The molecule has 4 heteroatoms. The van der Waals surface area contributed by atoms with Crippen molar-refractivity contribution in [3.05, 3.63) is 17.5 Å². The van der Waals surface area contributed by atoms with E-state index in [-0.39, 0.29) is 12.0 Å². The predicted molar refractivity (Wildman–Crippen MR) is 60.4 cm³/mol. The van der Waals surface area contributed by atoms with Crippen molar-refractivity contribution in [2.75, 3.05) is 0 Å². The molecule has 4 nitrogen and oxygen atoms in total. The van der Waals surface area contributed by atoms with Gasteiger partial charge < -0.3 is 10.8 Å². The topological polar surface area (TPSA) is 64.1 Å². The average Bonchev–Trinajstić information content (AvgIpc) is 2.57. The third-order valence-corrected chi connectivity index (χ3v) is 2.73. The van der Waals surface area contributed by atoms with E-state index in [1.165, 1.54) is 0 Å². The van der Waals surface area contributed by atoms with Gasteiger partial charge in [-0.1, -0.05) is 20.8 Å². The van der Waals surface area contributed by atoms with Crippen LogP contribution < -0.4 is 5.73 Å². The van der Waals surface area contributed by atoms with E-state index in [9.17, 15) is 5.11 Å². The third-order valence-electron chi connectivity index (χ3n) is 2.73. The summed E-state index contributed by atoms with van der Waals surface area (Å²) in [5.74, 6) is 0.255. The van der Waals surface area contributed by atoms with Crippen LogP contribution >= 0.6 is 0 Å². The van der Waals surface area contributed by atoms with Crippen molar-refractivity contribution in [3.63, 3.8) is 0 Å². The fourth-order valence-electron chi connectivity index (χ4n) is 1.65. The van der Waals surface area contributed by atoms with Gasteiger partial charge in [0.15, 0.2) is 0 Å². The maximum Gasteiger partial charge on any atom is 0.0976 e. The number of aliphatic hydroxyl groups is 1. The van der Waals surface area contributed by atoms with Gasteiger partial charge in [0.05, 0.1) is 11.8 Å². The van der Waals surface area contributed by atoms with Crippen LogP contribution in [0.2, 0.25) is 0 Å². The first kappa shape index (κ1) is 12.2. The van der Waals surface area contributed by atoms with Gasteiger partial charge in [-0.25, -0.2) is 0 Å². The summed E-state index contributed by atoms with van der Waals surface area (Å²) in [6, 6.07) is -0.237. The molecule has 2 unspecified atom stereocenters. The Morgan fingerprint density at radius 3 is 2.60 bits per heavy atom. The summed E-state index contributed by atoms with van der Waals surface area (Å²) < 4.78 is 1.73. The Kier molecular flexibility index (Phi) is 3.88. The van der Waals surface area contributed by atoms with Gasteiger partial charge >= 0.3 is 0 Å². The highest BCUT2D eigenvalue weighted by Crippen LogP contribution is 2.23. The molecule has 0 aromatic carbocycles. The largest absolute Gasteiger partial charge is 0.387 e. The lowest BCUT2D eigenvalue weighted by Crippen LogP contribution is -2.33. The Balaban J connectivity index is 2.94. The zero-order valence-electron chi connectivity index (χ0n) is 9.94. The van der Waals surface area contributed by atoms with Gasteiger partial charge in [-0.05, 0) is 12.3 Å². The van der Waals surface area contributed by atoms with Crippen LogP contribution in [0.15, 0.2) is 6.20 Å². The van der Waals surface area contributed by atoms with E-state index in [2.05, 4.69) is 5.10 Å². The van der Waals surface area contributed by atoms with E-state index in [1.54, 1.807) is 4.68 Å². The highest BCUT2D eigenvalue weighted by atomic mass is 16.3. The smallest absolute Gasteiger partial charge is 0.0976 e. The quantitative estimate of drug-likeness (QED) is 0.781. The number of hydrogen-bond acceptors (Lipinski definition) is 3. The Morgan fingerprint density at radius 2 is 2.13 bits per heavy atom. The number of aromatic nitrogens is 2. The van der Waals surface area contributed by atoms with Crippen molar-refractivity contribution < 1.29 is 5.11 Å². The van der Waals surface area contributed by atoms with E-state index in [0.717, 1.165) is 17.7 Å². The zero-order valence-corrected chi connectivity index (χ0v) is 9.94. The minimum Gasteiger partial charge on any atom is -0.387 e. The number of nitrogens with zero attached hydrogens (tertiary/aromatic N) is 2. The zero-order chi connectivity index (χ0) is 11.6. The van der Waals surface area contributed by atoms with Crippen molar-refractivity contribution in [1.82, 2.24) is 9.78 Å². The molecule has 0 spiro atoms. The standard InChI is InChI=1S/C11H21N3O/c1-5-9-8(6-14(4)13-9)11(15)10(12)7(2)3/h6-7,10-11,15H,5,12H2,1-4H3. The van der Waals surface area contributed by atoms with Gasteiger partial charge in [-0.2, -0.15) is 5.10 Å². The molecule has 1 heterocycles. The first-order valence-corrected chi connectivity index (χ1v) is 5.43. The molecule has 1 aromatic heterocycles. The summed E-state index contributed by atoms with van der Waals surface area (Å²) in [5, 5.41) is 14.4. The number of aryl methyl sites for hydroxylation is 2. The predicted octanol–water partition coefficient (Wildman–Crippen LogP) is 0.999. The fourth-order valence-corrected chi connectivity index (χ4v) is 1.65. The Hall–Kier alpha value is -0.870. The molecule has 15 heavy (non-hydrogen) atoms. The summed E-state index contributed by atoms with van der Waals surface area (Å²) in [5.41, 5.74) is 7.73. The monoisotopic (exact) mass is 211 g/mol. The average molecular weight is 211 g/mol. The third kappa shape index (κ3) is 2.58. The van der Waals surface area contributed by atoms with E-state index in [1.807, 2.05) is 34.0 Å². The van der Waals surface area contributed by atoms with Gasteiger partial charge in [0.2, 0.25) is 0 Å². The molecule has 2 atom stereocenters. The minimum atomic E-state index is -0.617. The highest BCUT2D eigenvalue weighted by molar-refractivity contribution is 5.21. The van der Waals surface area contributed by atoms with Crippen LogP contribution in [-0.4, -0.2) is 20.9 Å². The summed E-state index contributed by atoms with van der Waals surface area (Å²) >= 11 is 0. The highest BCUT2D eigenvalue weighted by Gasteiger charge is 2.23. The molecule has 0 aliphatic heterocycles. The van der Waals surface area contributed by atoms with Crippen LogP contribution in [0.5, 0.6) is 0 Å². The van der Waals surface area contributed by atoms with Crippen molar-refractivity contribution in [2.24, 2.45) is 18.7 Å². The number of nitrogens with two attached hydrogens (primary N) is 1. The van der Waals surface area contributed by atoms with Crippen LogP contribution in [-0.2, 0) is 13.5 Å². The Bertz CT molecular complexity index is 320. The molecule has 3 N–H and O–H groups in total. The molecule has 1 aromatic rings. The van der Waals surface area contributed by atoms with E-state index < -0.39 is 6.10 Å². The van der Waals surface area contributed by atoms with Crippen LogP contribution in [0.25, 0.3) is 0 Å². The van der Waals surface area contributed by atoms with Crippen molar-refractivity contribution >= 4 is 0 Å². The summed E-state index contributed by atoms with van der Waals surface area (Å²) in [6.07, 6.45) is 2.05. The van der Waals surface area contributed by atoms with E-state index >= 15 is 0 Å². The van der Waals surface area contributed by atoms with Crippen LogP contribution in [0, 0.1) is 5.92 Å². The molecule has 0 aliphatic carbocycles. The van der Waals surface area contributed by atoms with E-state index in [0.29, 0.717) is 0 Å². The lowest BCUT2D eigenvalue weighted by Gasteiger charge is -2.21. The molecular formula is C11H21N3O. The fraction of sp³-hybridized carbons (Fsp3) is 0.727.